The number of rotatable bonds is 5. The molecule has 2 aromatic rings. The first-order chi connectivity index (χ1) is 10.0. The van der Waals surface area contributed by atoms with Crippen molar-refractivity contribution in [3.05, 3.63) is 65.5 Å². The first-order valence-electron chi connectivity index (χ1n) is 6.11. The zero-order valence-corrected chi connectivity index (χ0v) is 11.7. The highest BCUT2D eigenvalue weighted by Crippen LogP contribution is 2.16. The predicted octanol–water partition coefficient (Wildman–Crippen LogP) is 3.98. The second-order valence-corrected chi connectivity index (χ2v) is 5.29. The topological polar surface area (TPSA) is 29.1 Å². The number of thioether (sulfide) groups is 1. The number of anilines is 1. The number of halogens is 3. The molecule has 0 atom stereocenters. The van der Waals surface area contributed by atoms with Crippen molar-refractivity contribution in [1.29, 1.82) is 0 Å². The monoisotopic (exact) mass is 311 g/mol. The first-order valence-corrected chi connectivity index (χ1v) is 7.27. The molecule has 0 bridgehead atoms. The molecule has 0 fully saturated rings. The third kappa shape index (κ3) is 4.82. The molecule has 1 amide bonds. The minimum atomic E-state index is -0.905. The average Bonchev–Trinajstić information content (AvgIpc) is 2.43. The summed E-state index contributed by atoms with van der Waals surface area (Å²) in [4.78, 5) is 11.6. The average molecular weight is 311 g/mol. The summed E-state index contributed by atoms with van der Waals surface area (Å²) in [6.07, 6.45) is 0. The summed E-state index contributed by atoms with van der Waals surface area (Å²) in [7, 11) is 0. The maximum Gasteiger partial charge on any atom is 0.234 e. The molecule has 21 heavy (non-hydrogen) atoms. The maximum atomic E-state index is 13.0. The lowest BCUT2D eigenvalue weighted by Gasteiger charge is -2.05. The van der Waals surface area contributed by atoms with Crippen molar-refractivity contribution in [2.45, 2.75) is 5.75 Å². The molecule has 2 aromatic carbocycles. The summed E-state index contributed by atoms with van der Waals surface area (Å²) >= 11 is 1.26. The van der Waals surface area contributed by atoms with Crippen LogP contribution in [0.4, 0.5) is 18.9 Å². The highest BCUT2D eigenvalue weighted by molar-refractivity contribution is 7.99. The summed E-state index contributed by atoms with van der Waals surface area (Å²) < 4.78 is 38.7. The smallest absolute Gasteiger partial charge is 0.234 e. The van der Waals surface area contributed by atoms with E-state index in [1.54, 1.807) is 6.07 Å². The molecule has 0 radical (unpaired) electrons. The molecule has 0 spiro atoms. The van der Waals surface area contributed by atoms with Gasteiger partial charge < -0.3 is 5.32 Å². The molecule has 0 unspecified atom stereocenters. The molecule has 2 rings (SSSR count). The van der Waals surface area contributed by atoms with E-state index >= 15 is 0 Å². The Bertz CT molecular complexity index is 649. The van der Waals surface area contributed by atoms with E-state index in [-0.39, 0.29) is 11.7 Å². The van der Waals surface area contributed by atoms with Crippen LogP contribution in [0.1, 0.15) is 5.56 Å². The molecule has 0 aliphatic heterocycles. The van der Waals surface area contributed by atoms with Gasteiger partial charge in [0.2, 0.25) is 5.91 Å². The van der Waals surface area contributed by atoms with Crippen LogP contribution in [0, 0.1) is 17.5 Å². The lowest BCUT2D eigenvalue weighted by molar-refractivity contribution is -0.113. The summed E-state index contributed by atoms with van der Waals surface area (Å²) in [5, 5.41) is 2.56. The molecule has 0 saturated carbocycles. The van der Waals surface area contributed by atoms with E-state index in [0.717, 1.165) is 12.1 Å². The number of carbonyl (C=O) groups excluding carboxylic acids is 1. The molecule has 0 saturated heterocycles. The Morgan fingerprint density at radius 3 is 2.57 bits per heavy atom. The van der Waals surface area contributed by atoms with Crippen molar-refractivity contribution in [1.82, 2.24) is 0 Å². The molecule has 110 valence electrons. The largest absolute Gasteiger partial charge is 0.325 e. The van der Waals surface area contributed by atoms with Crippen LogP contribution in [0.3, 0.4) is 0 Å². The van der Waals surface area contributed by atoms with Gasteiger partial charge in [-0.25, -0.2) is 13.2 Å². The number of hydrogen-bond acceptors (Lipinski definition) is 2. The summed E-state index contributed by atoms with van der Waals surface area (Å²) in [5.74, 6) is -2.00. The molecule has 0 aliphatic rings. The van der Waals surface area contributed by atoms with Crippen LogP contribution >= 0.6 is 11.8 Å². The highest BCUT2D eigenvalue weighted by atomic mass is 32.2. The van der Waals surface area contributed by atoms with E-state index < -0.39 is 17.5 Å². The zero-order valence-electron chi connectivity index (χ0n) is 10.9. The minimum Gasteiger partial charge on any atom is -0.325 e. The van der Waals surface area contributed by atoms with E-state index in [0.29, 0.717) is 17.0 Å². The molecule has 1 N–H and O–H groups in total. The standard InChI is InChI=1S/C15H12F3NOS/c16-11-2-1-3-12(7-11)19-15(20)9-21-8-10-4-5-13(17)14(18)6-10/h1-7H,8-9H2,(H,19,20). The molecule has 6 heteroatoms. The summed E-state index contributed by atoms with van der Waals surface area (Å²) in [6.45, 7) is 0. The lowest BCUT2D eigenvalue weighted by atomic mass is 10.2. The second-order valence-electron chi connectivity index (χ2n) is 4.30. The molecule has 0 aliphatic carbocycles. The number of carbonyl (C=O) groups is 1. The van der Waals surface area contributed by atoms with Crippen LogP contribution in [0.5, 0.6) is 0 Å². The fourth-order valence-corrected chi connectivity index (χ4v) is 2.43. The Hall–Kier alpha value is -1.95. The summed E-state index contributed by atoms with van der Waals surface area (Å²) in [6, 6.07) is 9.21. The van der Waals surface area contributed by atoms with Crippen LogP contribution in [0.25, 0.3) is 0 Å². The number of nitrogens with one attached hydrogen (secondary N) is 1. The van der Waals surface area contributed by atoms with Gasteiger partial charge in [0.15, 0.2) is 11.6 Å². The Labute approximate surface area is 124 Å². The van der Waals surface area contributed by atoms with Crippen molar-refractivity contribution < 1.29 is 18.0 Å². The fourth-order valence-electron chi connectivity index (χ4n) is 1.65. The van der Waals surface area contributed by atoms with Gasteiger partial charge in [-0.15, -0.1) is 11.8 Å². The van der Waals surface area contributed by atoms with Crippen LogP contribution < -0.4 is 5.32 Å². The van der Waals surface area contributed by atoms with Crippen LogP contribution in [-0.2, 0) is 10.5 Å². The van der Waals surface area contributed by atoms with Gasteiger partial charge >= 0.3 is 0 Å². The lowest BCUT2D eigenvalue weighted by Crippen LogP contribution is -2.14. The Balaban J connectivity index is 1.80. The Morgan fingerprint density at radius 1 is 1.05 bits per heavy atom. The first kappa shape index (κ1) is 15.4. The summed E-state index contributed by atoms with van der Waals surface area (Å²) in [5.41, 5.74) is 0.978. The van der Waals surface area contributed by atoms with Gasteiger partial charge in [0, 0.05) is 11.4 Å². The number of hydrogen-bond donors (Lipinski definition) is 1. The predicted molar refractivity (Wildman–Crippen MR) is 77.5 cm³/mol. The quantitative estimate of drug-likeness (QED) is 0.905. The van der Waals surface area contributed by atoms with Gasteiger partial charge in [0.25, 0.3) is 0 Å². The van der Waals surface area contributed by atoms with Gasteiger partial charge in [-0.1, -0.05) is 12.1 Å². The van der Waals surface area contributed by atoms with Crippen LogP contribution in [0.2, 0.25) is 0 Å². The van der Waals surface area contributed by atoms with Crippen molar-refractivity contribution in [3.8, 4) is 0 Å². The van der Waals surface area contributed by atoms with Crippen molar-refractivity contribution in [3.63, 3.8) is 0 Å². The minimum absolute atomic E-state index is 0.134. The molecular formula is C15H12F3NOS. The van der Waals surface area contributed by atoms with Crippen LogP contribution in [-0.4, -0.2) is 11.7 Å². The number of amides is 1. The van der Waals surface area contributed by atoms with E-state index in [1.807, 2.05) is 0 Å². The molecule has 2 nitrogen and oxygen atoms in total. The van der Waals surface area contributed by atoms with E-state index in [9.17, 15) is 18.0 Å². The van der Waals surface area contributed by atoms with E-state index in [1.165, 1.54) is 36.0 Å². The highest BCUT2D eigenvalue weighted by Gasteiger charge is 2.06. The van der Waals surface area contributed by atoms with Gasteiger partial charge in [-0.3, -0.25) is 4.79 Å². The van der Waals surface area contributed by atoms with Gasteiger partial charge in [0.05, 0.1) is 5.75 Å². The van der Waals surface area contributed by atoms with Gasteiger partial charge in [-0.05, 0) is 35.9 Å². The molecular weight excluding hydrogens is 299 g/mol. The van der Waals surface area contributed by atoms with E-state index in [2.05, 4.69) is 5.32 Å². The van der Waals surface area contributed by atoms with Crippen molar-refractivity contribution >= 4 is 23.4 Å². The molecule has 0 aromatic heterocycles. The molecule has 0 heterocycles. The van der Waals surface area contributed by atoms with Gasteiger partial charge in [-0.2, -0.15) is 0 Å². The zero-order chi connectivity index (χ0) is 15.2. The van der Waals surface area contributed by atoms with Crippen molar-refractivity contribution in [2.24, 2.45) is 0 Å². The normalized spacial score (nSPS) is 10.4. The third-order valence-corrected chi connectivity index (χ3v) is 3.60. The van der Waals surface area contributed by atoms with Gasteiger partial charge in [0.1, 0.15) is 5.82 Å². The van der Waals surface area contributed by atoms with Crippen molar-refractivity contribution in [2.75, 3.05) is 11.1 Å². The Kier molecular flexibility index (Phi) is 5.27. The maximum absolute atomic E-state index is 13.0. The second kappa shape index (κ2) is 7.17. The third-order valence-electron chi connectivity index (χ3n) is 2.59. The SMILES string of the molecule is O=C(CSCc1ccc(F)c(F)c1)Nc1cccc(F)c1. The van der Waals surface area contributed by atoms with E-state index in [4.69, 9.17) is 0 Å². The fraction of sp³-hybridized carbons (Fsp3) is 0.133. The number of benzene rings is 2. The Morgan fingerprint density at radius 2 is 1.86 bits per heavy atom. The van der Waals surface area contributed by atoms with Crippen LogP contribution in [0.15, 0.2) is 42.5 Å².